The quantitative estimate of drug-likeness (QED) is 0.758. The van der Waals surface area contributed by atoms with Crippen molar-refractivity contribution in [2.45, 2.75) is 45.1 Å². The van der Waals surface area contributed by atoms with Crippen molar-refractivity contribution in [3.8, 4) is 0 Å². The first-order valence-electron chi connectivity index (χ1n) is 6.28. The number of carboxylic acid groups (broad SMARTS) is 1. The van der Waals surface area contributed by atoms with Crippen molar-refractivity contribution < 1.29 is 14.7 Å². The number of unbranched alkanes of at least 4 members (excludes halogenated alkanes) is 1. The molecule has 4 nitrogen and oxygen atoms in total. The summed E-state index contributed by atoms with van der Waals surface area (Å²) in [5, 5.41) is 13.6. The van der Waals surface area contributed by atoms with Crippen molar-refractivity contribution in [3.63, 3.8) is 0 Å². The molecule has 1 aromatic heterocycles. The van der Waals surface area contributed by atoms with Gasteiger partial charge in [0.2, 0.25) is 5.91 Å². The Bertz CT molecular complexity index is 433. The third kappa shape index (κ3) is 6.20. The maximum atomic E-state index is 11.7. The SMILES string of the molecule is CCCC[C@H](NC(=O)CCc1cc(Br)cs1)C(=O)O. The Morgan fingerprint density at radius 1 is 1.53 bits per heavy atom. The lowest BCUT2D eigenvalue weighted by Gasteiger charge is -2.13. The van der Waals surface area contributed by atoms with E-state index in [0.29, 0.717) is 19.3 Å². The maximum Gasteiger partial charge on any atom is 0.326 e. The highest BCUT2D eigenvalue weighted by molar-refractivity contribution is 9.10. The largest absolute Gasteiger partial charge is 0.480 e. The van der Waals surface area contributed by atoms with E-state index in [2.05, 4.69) is 21.2 Å². The zero-order valence-electron chi connectivity index (χ0n) is 10.8. The van der Waals surface area contributed by atoms with Crippen LogP contribution in [-0.2, 0) is 16.0 Å². The number of aliphatic carboxylic acids is 1. The average Bonchev–Trinajstić information content (AvgIpc) is 2.77. The van der Waals surface area contributed by atoms with Crippen LogP contribution in [0.2, 0.25) is 0 Å². The van der Waals surface area contributed by atoms with Crippen LogP contribution in [-0.4, -0.2) is 23.0 Å². The van der Waals surface area contributed by atoms with Crippen LogP contribution >= 0.6 is 27.3 Å². The maximum absolute atomic E-state index is 11.7. The van der Waals surface area contributed by atoms with Crippen LogP contribution in [0.3, 0.4) is 0 Å². The Hall–Kier alpha value is -0.880. The minimum Gasteiger partial charge on any atom is -0.480 e. The predicted octanol–water partition coefficient (Wildman–Crippen LogP) is 3.20. The number of nitrogens with one attached hydrogen (secondary N) is 1. The lowest BCUT2D eigenvalue weighted by atomic mass is 10.1. The van der Waals surface area contributed by atoms with E-state index in [0.717, 1.165) is 22.2 Å². The molecule has 0 spiro atoms. The number of carboxylic acids is 1. The van der Waals surface area contributed by atoms with Crippen LogP contribution in [0.4, 0.5) is 0 Å². The minimum atomic E-state index is -0.958. The van der Waals surface area contributed by atoms with Crippen LogP contribution in [0.15, 0.2) is 15.9 Å². The van der Waals surface area contributed by atoms with Crippen molar-refractivity contribution in [1.29, 1.82) is 0 Å². The smallest absolute Gasteiger partial charge is 0.326 e. The Morgan fingerprint density at radius 3 is 2.79 bits per heavy atom. The molecule has 0 aromatic carbocycles. The van der Waals surface area contributed by atoms with Crippen LogP contribution in [0.5, 0.6) is 0 Å². The van der Waals surface area contributed by atoms with Gasteiger partial charge in [-0.3, -0.25) is 4.79 Å². The molecule has 1 amide bonds. The Kier molecular flexibility index (Phi) is 7.09. The topological polar surface area (TPSA) is 66.4 Å². The van der Waals surface area contributed by atoms with E-state index in [1.54, 1.807) is 11.3 Å². The monoisotopic (exact) mass is 347 g/mol. The Morgan fingerprint density at radius 2 is 2.26 bits per heavy atom. The lowest BCUT2D eigenvalue weighted by molar-refractivity contribution is -0.142. The summed E-state index contributed by atoms with van der Waals surface area (Å²) >= 11 is 4.95. The summed E-state index contributed by atoms with van der Waals surface area (Å²) in [6, 6.07) is 1.21. The number of hydrogen-bond donors (Lipinski definition) is 2. The molecule has 6 heteroatoms. The Balaban J connectivity index is 2.37. The molecular weight excluding hydrogens is 330 g/mol. The number of hydrogen-bond acceptors (Lipinski definition) is 3. The fourth-order valence-electron chi connectivity index (χ4n) is 1.65. The van der Waals surface area contributed by atoms with Crippen LogP contribution in [0, 0.1) is 0 Å². The molecule has 0 saturated carbocycles. The summed E-state index contributed by atoms with van der Waals surface area (Å²) in [4.78, 5) is 23.8. The first-order valence-corrected chi connectivity index (χ1v) is 7.95. The van der Waals surface area contributed by atoms with Crippen molar-refractivity contribution in [2.24, 2.45) is 0 Å². The van der Waals surface area contributed by atoms with Gasteiger partial charge in [0.1, 0.15) is 6.04 Å². The van der Waals surface area contributed by atoms with Gasteiger partial charge in [-0.1, -0.05) is 19.8 Å². The summed E-state index contributed by atoms with van der Waals surface area (Å²) in [6.07, 6.45) is 3.17. The highest BCUT2D eigenvalue weighted by Gasteiger charge is 2.18. The first-order chi connectivity index (χ1) is 9.02. The molecular formula is C13H18BrNO3S. The van der Waals surface area contributed by atoms with Gasteiger partial charge in [0.05, 0.1) is 0 Å². The van der Waals surface area contributed by atoms with E-state index in [9.17, 15) is 9.59 Å². The third-order valence-corrected chi connectivity index (χ3v) is 4.46. The average molecular weight is 348 g/mol. The molecule has 106 valence electrons. The number of amides is 1. The molecule has 1 heterocycles. The molecule has 0 aliphatic rings. The number of thiophene rings is 1. The third-order valence-electron chi connectivity index (χ3n) is 2.70. The standard InChI is InChI=1S/C13H18BrNO3S/c1-2-3-4-11(13(17)18)15-12(16)6-5-10-7-9(14)8-19-10/h7-8,11H,2-6H2,1H3,(H,15,16)(H,17,18)/t11-/m0/s1. The summed E-state index contributed by atoms with van der Waals surface area (Å²) in [6.45, 7) is 2.00. The van der Waals surface area contributed by atoms with Gasteiger partial charge in [0.15, 0.2) is 0 Å². The first kappa shape index (κ1) is 16.2. The summed E-state index contributed by atoms with van der Waals surface area (Å²) in [5.74, 6) is -1.16. The minimum absolute atomic E-state index is 0.201. The van der Waals surface area contributed by atoms with Crippen molar-refractivity contribution in [3.05, 3.63) is 20.8 Å². The van der Waals surface area contributed by atoms with E-state index in [1.165, 1.54) is 0 Å². The van der Waals surface area contributed by atoms with Crippen molar-refractivity contribution in [1.82, 2.24) is 5.32 Å². The second-order valence-electron chi connectivity index (χ2n) is 4.33. The summed E-state index contributed by atoms with van der Waals surface area (Å²) < 4.78 is 1.01. The zero-order chi connectivity index (χ0) is 14.3. The number of carbonyl (C=O) groups is 2. The molecule has 0 fully saturated rings. The van der Waals surface area contributed by atoms with Gasteiger partial charge in [-0.05, 0) is 34.8 Å². The van der Waals surface area contributed by atoms with Gasteiger partial charge >= 0.3 is 5.97 Å². The molecule has 0 aliphatic heterocycles. The van der Waals surface area contributed by atoms with Crippen LogP contribution in [0.25, 0.3) is 0 Å². The highest BCUT2D eigenvalue weighted by atomic mass is 79.9. The molecule has 2 N–H and O–H groups in total. The number of aryl methyl sites for hydroxylation is 1. The molecule has 0 saturated heterocycles. The molecule has 19 heavy (non-hydrogen) atoms. The second kappa shape index (κ2) is 8.32. The molecule has 0 bridgehead atoms. The van der Waals surface area contributed by atoms with E-state index in [-0.39, 0.29) is 5.91 Å². The van der Waals surface area contributed by atoms with E-state index >= 15 is 0 Å². The van der Waals surface area contributed by atoms with Crippen LogP contribution in [0.1, 0.15) is 37.5 Å². The summed E-state index contributed by atoms with van der Waals surface area (Å²) in [7, 11) is 0. The summed E-state index contributed by atoms with van der Waals surface area (Å²) in [5.41, 5.74) is 0. The van der Waals surface area contributed by atoms with Crippen molar-refractivity contribution in [2.75, 3.05) is 0 Å². The fourth-order valence-corrected chi connectivity index (χ4v) is 3.11. The van der Waals surface area contributed by atoms with E-state index in [1.807, 2.05) is 18.4 Å². The molecule has 1 aromatic rings. The highest BCUT2D eigenvalue weighted by Crippen LogP contribution is 2.20. The number of carbonyl (C=O) groups excluding carboxylic acids is 1. The van der Waals surface area contributed by atoms with Gasteiger partial charge in [-0.2, -0.15) is 0 Å². The lowest BCUT2D eigenvalue weighted by Crippen LogP contribution is -2.40. The fraction of sp³-hybridized carbons (Fsp3) is 0.538. The van der Waals surface area contributed by atoms with Crippen molar-refractivity contribution >= 4 is 39.1 Å². The van der Waals surface area contributed by atoms with Crippen LogP contribution < -0.4 is 5.32 Å². The number of rotatable bonds is 8. The predicted molar refractivity (Wildman–Crippen MR) is 79.4 cm³/mol. The van der Waals surface area contributed by atoms with Gasteiger partial charge in [0.25, 0.3) is 0 Å². The van der Waals surface area contributed by atoms with Gasteiger partial charge in [0, 0.05) is 21.2 Å². The molecule has 0 unspecified atom stereocenters. The van der Waals surface area contributed by atoms with Gasteiger partial charge in [-0.15, -0.1) is 11.3 Å². The normalized spacial score (nSPS) is 12.1. The van der Waals surface area contributed by atoms with Gasteiger partial charge in [-0.25, -0.2) is 4.79 Å². The molecule has 1 rings (SSSR count). The zero-order valence-corrected chi connectivity index (χ0v) is 13.2. The van der Waals surface area contributed by atoms with Gasteiger partial charge < -0.3 is 10.4 Å². The second-order valence-corrected chi connectivity index (χ2v) is 6.24. The van der Waals surface area contributed by atoms with E-state index in [4.69, 9.17) is 5.11 Å². The Labute approximate surface area is 125 Å². The van der Waals surface area contributed by atoms with E-state index < -0.39 is 12.0 Å². The molecule has 0 aliphatic carbocycles. The molecule has 0 radical (unpaired) electrons. The number of halogens is 1. The molecule has 1 atom stereocenters.